The van der Waals surface area contributed by atoms with E-state index in [-0.39, 0.29) is 39.5 Å². The summed E-state index contributed by atoms with van der Waals surface area (Å²) in [6.45, 7) is 46.2. The van der Waals surface area contributed by atoms with Gasteiger partial charge < -0.3 is 27.9 Å². The monoisotopic (exact) mass is 891 g/mol. The van der Waals surface area contributed by atoms with Crippen LogP contribution in [0, 0.1) is 29.1 Å². The molecular weight excluding hydrogens is 793 g/mol. The molecule has 1 N–H and O–H groups in total. The van der Waals surface area contributed by atoms with E-state index in [4.69, 9.17) is 22.8 Å². The highest BCUT2D eigenvalue weighted by molar-refractivity contribution is 6.75. The second-order valence-corrected chi connectivity index (χ2v) is 39.3. The molecule has 9 heteroatoms. The molecule has 3 rings (SSSR count). The fourth-order valence-electron chi connectivity index (χ4n) is 9.75. The van der Waals surface area contributed by atoms with Crippen LogP contribution in [0.4, 0.5) is 0 Å². The maximum Gasteiger partial charge on any atom is 0.192 e. The lowest BCUT2D eigenvalue weighted by atomic mass is 9.57. The number of aliphatic hydroxyl groups is 1. The first-order chi connectivity index (χ1) is 27.3. The zero-order valence-electron chi connectivity index (χ0n) is 43.1. The van der Waals surface area contributed by atoms with Crippen molar-refractivity contribution < 1.29 is 27.9 Å². The maximum absolute atomic E-state index is 10.0. The largest absolute Gasteiger partial charge is 0.413 e. The Morgan fingerprint density at radius 1 is 0.750 bits per heavy atom. The maximum atomic E-state index is 10.0. The van der Waals surface area contributed by atoms with Crippen molar-refractivity contribution in [3.63, 3.8) is 0 Å². The fraction of sp³-hybridized carbons (Fsp3) is 0.882. The van der Waals surface area contributed by atoms with Gasteiger partial charge in [0.1, 0.15) is 6.79 Å². The SMILES string of the molecule is COCOC(C)(C)CCC[C@@H](C)[C@H]1CC[C@H]2/C(=C/C=C3C[C@@H](O[Si](C)(C)C(C)(C)C)C(=CCO[Si](C)(C)C(C)(C)C)[C@H](O[Si](C)(C)C(C)(C)C)C3)[C@H](CCCO)CC[C@]12C. The zero-order chi connectivity index (χ0) is 45.8. The van der Waals surface area contributed by atoms with Crippen LogP contribution in [-0.4, -0.2) is 75.0 Å². The molecule has 3 saturated carbocycles. The van der Waals surface area contributed by atoms with E-state index in [0.29, 0.717) is 36.6 Å². The van der Waals surface area contributed by atoms with Crippen LogP contribution in [0.25, 0.3) is 0 Å². The molecule has 6 nitrogen and oxygen atoms in total. The molecule has 0 aromatic carbocycles. The standard InChI is InChI=1S/C51H98O6Si3/c1-38(23-21-31-50(11,12)54-37-53-14)43-27-28-44-41(40(24-22-33-52)29-32-51(43,44)13)26-25-39-35-45(56-59(17,18)48(5,6)7)42(30-34-55-58(15,16)47(2,3)4)46(36-39)57-60(19,20)49(8,9)10/h25-26,30,38,40,43-46,52H,21-24,27-29,31-37H2,1-20H3/b39-25?,41-26+,42-30?/t38-,40-,43-,44+,45-,46-,51-/m1/s1. The topological polar surface area (TPSA) is 66.4 Å². The average molecular weight is 892 g/mol. The van der Waals surface area contributed by atoms with E-state index in [1.807, 2.05) is 0 Å². The van der Waals surface area contributed by atoms with E-state index >= 15 is 0 Å². The van der Waals surface area contributed by atoms with Gasteiger partial charge in [-0.3, -0.25) is 0 Å². The second kappa shape index (κ2) is 20.9. The van der Waals surface area contributed by atoms with Gasteiger partial charge in [-0.05, 0) is 161 Å². The van der Waals surface area contributed by atoms with Crippen LogP contribution >= 0.6 is 0 Å². The normalized spacial score (nSPS) is 27.7. The molecule has 0 radical (unpaired) electrons. The Balaban J connectivity index is 2.07. The summed E-state index contributed by atoms with van der Waals surface area (Å²) in [5.74, 6) is 2.52. The molecule has 0 amide bonds. The van der Waals surface area contributed by atoms with E-state index in [1.165, 1.54) is 49.7 Å². The number of allylic oxidation sites excluding steroid dienone is 3. The predicted octanol–water partition coefficient (Wildman–Crippen LogP) is 14.8. The number of fused-ring (bicyclic) bond motifs is 1. The lowest BCUT2D eigenvalue weighted by molar-refractivity contribution is -0.118. The highest BCUT2D eigenvalue weighted by Crippen LogP contribution is 2.62. The van der Waals surface area contributed by atoms with Crippen LogP contribution in [0.1, 0.15) is 161 Å². The summed E-state index contributed by atoms with van der Waals surface area (Å²) < 4.78 is 33.0. The van der Waals surface area contributed by atoms with Crippen LogP contribution in [0.5, 0.6) is 0 Å². The summed E-state index contributed by atoms with van der Waals surface area (Å²) in [4.78, 5) is 0. The Morgan fingerprint density at radius 2 is 1.30 bits per heavy atom. The molecule has 0 aromatic rings. The van der Waals surface area contributed by atoms with Crippen LogP contribution < -0.4 is 0 Å². The van der Waals surface area contributed by atoms with Gasteiger partial charge in [-0.2, -0.15) is 0 Å². The van der Waals surface area contributed by atoms with Gasteiger partial charge in [0, 0.05) is 13.7 Å². The van der Waals surface area contributed by atoms with Crippen molar-refractivity contribution in [3.05, 3.63) is 34.9 Å². The van der Waals surface area contributed by atoms with Gasteiger partial charge in [-0.15, -0.1) is 0 Å². The van der Waals surface area contributed by atoms with Crippen LogP contribution in [0.3, 0.4) is 0 Å². The minimum absolute atomic E-state index is 0.0366. The number of ether oxygens (including phenoxy) is 2. The summed E-state index contributed by atoms with van der Waals surface area (Å²) >= 11 is 0. The lowest BCUT2D eigenvalue weighted by Crippen LogP contribution is -2.50. The first-order valence-electron chi connectivity index (χ1n) is 24.2. The molecule has 7 atom stereocenters. The second-order valence-electron chi connectivity index (χ2n) is 24.9. The molecule has 0 bridgehead atoms. The molecule has 0 heterocycles. The minimum Gasteiger partial charge on any atom is -0.413 e. The van der Waals surface area contributed by atoms with Gasteiger partial charge >= 0.3 is 0 Å². The summed E-state index contributed by atoms with van der Waals surface area (Å²) in [6, 6.07) is 0. The molecular formula is C51H98O6Si3. The minimum atomic E-state index is -2.14. The Bertz CT molecular complexity index is 1420. The highest BCUT2D eigenvalue weighted by atomic mass is 28.4. The van der Waals surface area contributed by atoms with Crippen molar-refractivity contribution in [1.82, 2.24) is 0 Å². The summed E-state index contributed by atoms with van der Waals surface area (Å²) in [7, 11) is -4.54. The molecule has 0 aromatic heterocycles. The van der Waals surface area contributed by atoms with Crippen molar-refractivity contribution in [2.45, 2.75) is 233 Å². The van der Waals surface area contributed by atoms with Gasteiger partial charge in [-0.1, -0.05) is 118 Å². The molecule has 0 aliphatic heterocycles. The van der Waals surface area contributed by atoms with Crippen molar-refractivity contribution in [2.75, 3.05) is 27.1 Å². The number of methoxy groups -OCH3 is 1. The molecule has 3 aliphatic carbocycles. The first-order valence-corrected chi connectivity index (χ1v) is 32.9. The third kappa shape index (κ3) is 13.8. The molecule has 0 spiro atoms. The molecule has 60 heavy (non-hydrogen) atoms. The predicted molar refractivity (Wildman–Crippen MR) is 264 cm³/mol. The van der Waals surface area contributed by atoms with Gasteiger partial charge in [0.2, 0.25) is 0 Å². The number of hydrogen-bond donors (Lipinski definition) is 1. The van der Waals surface area contributed by atoms with Crippen molar-refractivity contribution in [1.29, 1.82) is 0 Å². The number of aliphatic hydroxyl groups excluding tert-OH is 1. The van der Waals surface area contributed by atoms with E-state index in [2.05, 4.69) is 148 Å². The molecule has 350 valence electrons. The lowest BCUT2D eigenvalue weighted by Gasteiger charge is -2.47. The fourth-order valence-corrected chi connectivity index (χ4v) is 13.2. The Kier molecular flexibility index (Phi) is 18.8. The third-order valence-corrected chi connectivity index (χ3v) is 30.4. The average Bonchev–Trinajstić information content (AvgIpc) is 3.45. The Morgan fingerprint density at radius 3 is 1.80 bits per heavy atom. The van der Waals surface area contributed by atoms with E-state index < -0.39 is 25.0 Å². The van der Waals surface area contributed by atoms with Gasteiger partial charge in [0.25, 0.3) is 0 Å². The first kappa shape index (κ1) is 54.0. The molecule has 3 fully saturated rings. The van der Waals surface area contributed by atoms with E-state index in [0.717, 1.165) is 38.0 Å². The summed E-state index contributed by atoms with van der Waals surface area (Å²) in [5.41, 5.74) is 4.55. The van der Waals surface area contributed by atoms with Gasteiger partial charge in [-0.25, -0.2) is 0 Å². The van der Waals surface area contributed by atoms with Crippen molar-refractivity contribution in [2.24, 2.45) is 29.1 Å². The summed E-state index contributed by atoms with van der Waals surface area (Å²) in [5, 5.41) is 10.3. The van der Waals surface area contributed by atoms with Crippen molar-refractivity contribution >= 4 is 25.0 Å². The Labute approximate surface area is 375 Å². The molecule has 3 aliphatic rings. The van der Waals surface area contributed by atoms with Crippen LogP contribution in [-0.2, 0) is 22.8 Å². The quantitative estimate of drug-likeness (QED) is 0.0792. The molecule has 0 saturated heterocycles. The van der Waals surface area contributed by atoms with Gasteiger partial charge in [0.15, 0.2) is 25.0 Å². The Hall–Kier alpha value is -0.369. The van der Waals surface area contributed by atoms with E-state index in [9.17, 15) is 5.11 Å². The van der Waals surface area contributed by atoms with E-state index in [1.54, 1.807) is 12.7 Å². The zero-order valence-corrected chi connectivity index (χ0v) is 46.1. The smallest absolute Gasteiger partial charge is 0.192 e. The summed E-state index contributed by atoms with van der Waals surface area (Å²) in [6.07, 6.45) is 19.7. The number of hydrogen-bond acceptors (Lipinski definition) is 6. The van der Waals surface area contributed by atoms with Gasteiger partial charge in [0.05, 0.1) is 24.4 Å². The highest BCUT2D eigenvalue weighted by Gasteiger charge is 2.53. The van der Waals surface area contributed by atoms with Crippen LogP contribution in [0.15, 0.2) is 34.9 Å². The van der Waals surface area contributed by atoms with Crippen molar-refractivity contribution in [3.8, 4) is 0 Å². The molecule has 0 unspecified atom stereocenters. The third-order valence-electron chi connectivity index (χ3n) is 16.9. The number of rotatable bonds is 19. The van der Waals surface area contributed by atoms with Crippen LogP contribution in [0.2, 0.25) is 54.4 Å².